The average Bonchev–Trinajstić information content (AvgIpc) is 2.39. The van der Waals surface area contributed by atoms with E-state index in [9.17, 15) is 9.65 Å². The highest BCUT2D eigenvalue weighted by Crippen LogP contribution is 2.19. The van der Waals surface area contributed by atoms with Crippen molar-refractivity contribution >= 4 is 0 Å². The predicted octanol–water partition coefficient (Wildman–Crippen LogP) is 3.18. The summed E-state index contributed by atoms with van der Waals surface area (Å²) in [6, 6.07) is 6.71. The van der Waals surface area contributed by atoms with Crippen molar-refractivity contribution in [2.45, 2.75) is 39.2 Å². The summed E-state index contributed by atoms with van der Waals surface area (Å²) in [6.07, 6.45) is 1.56. The monoisotopic (exact) mass is 264 g/mol. The van der Waals surface area contributed by atoms with Crippen molar-refractivity contribution in [1.82, 2.24) is 5.32 Å². The molecule has 0 aliphatic carbocycles. The summed E-state index contributed by atoms with van der Waals surface area (Å²) in [6.45, 7) is 6.96. The molecule has 1 aromatic carbocycles. The number of ether oxygens (including phenoxy) is 1. The molecule has 4 heteroatoms. The van der Waals surface area contributed by atoms with Crippen molar-refractivity contribution < 1.29 is 9.13 Å². The molecule has 0 aliphatic heterocycles. The normalized spacial score (nSPS) is 13.6. The molecular weight excluding hydrogens is 243 g/mol. The first-order valence-electron chi connectivity index (χ1n) is 6.56. The van der Waals surface area contributed by atoms with Crippen molar-refractivity contribution in [3.8, 4) is 11.8 Å². The van der Waals surface area contributed by atoms with Gasteiger partial charge in [0.25, 0.3) is 0 Å². The Morgan fingerprint density at radius 3 is 2.79 bits per heavy atom. The second-order valence-electron chi connectivity index (χ2n) is 4.88. The minimum atomic E-state index is -0.579. The lowest BCUT2D eigenvalue weighted by atomic mass is 10.0. The number of aryl methyl sites for hydroxylation is 1. The third-order valence-electron chi connectivity index (χ3n) is 3.01. The Bertz CT molecular complexity index is 456. The molecule has 104 valence electrons. The van der Waals surface area contributed by atoms with Crippen molar-refractivity contribution in [2.75, 3.05) is 13.2 Å². The molecule has 0 fully saturated rings. The topological polar surface area (TPSA) is 45.0 Å². The van der Waals surface area contributed by atoms with Gasteiger partial charge in [0.15, 0.2) is 0 Å². The number of benzene rings is 1. The Morgan fingerprint density at radius 1 is 1.47 bits per heavy atom. The Hall–Kier alpha value is -1.60. The van der Waals surface area contributed by atoms with E-state index in [4.69, 9.17) is 4.74 Å². The van der Waals surface area contributed by atoms with Gasteiger partial charge in [-0.25, -0.2) is 4.39 Å². The number of hydrogen-bond donors (Lipinski definition) is 1. The van der Waals surface area contributed by atoms with Crippen LogP contribution in [0.15, 0.2) is 18.2 Å². The molecule has 0 radical (unpaired) electrons. The largest absolute Gasteiger partial charge is 0.493 e. The van der Waals surface area contributed by atoms with Gasteiger partial charge in [-0.2, -0.15) is 5.26 Å². The van der Waals surface area contributed by atoms with Gasteiger partial charge < -0.3 is 4.74 Å². The maximum Gasteiger partial charge on any atom is 0.123 e. The number of rotatable bonds is 7. The van der Waals surface area contributed by atoms with Crippen molar-refractivity contribution in [1.29, 1.82) is 5.26 Å². The van der Waals surface area contributed by atoms with E-state index in [-0.39, 0.29) is 5.82 Å². The van der Waals surface area contributed by atoms with Crippen LogP contribution in [-0.4, -0.2) is 18.7 Å². The third kappa shape index (κ3) is 4.88. The van der Waals surface area contributed by atoms with Gasteiger partial charge in [0.1, 0.15) is 17.1 Å². The fourth-order valence-corrected chi connectivity index (χ4v) is 1.72. The molecular formula is C15H21FN2O. The molecule has 0 aliphatic rings. The van der Waals surface area contributed by atoms with E-state index < -0.39 is 5.54 Å². The summed E-state index contributed by atoms with van der Waals surface area (Å²) in [5, 5.41) is 12.4. The first-order chi connectivity index (χ1) is 9.00. The molecule has 1 rings (SSSR count). The van der Waals surface area contributed by atoms with Crippen molar-refractivity contribution in [3.05, 3.63) is 29.6 Å². The fraction of sp³-hybridized carbons (Fsp3) is 0.533. The predicted molar refractivity (Wildman–Crippen MR) is 73.6 cm³/mol. The van der Waals surface area contributed by atoms with Crippen LogP contribution in [0.2, 0.25) is 0 Å². The summed E-state index contributed by atoms with van der Waals surface area (Å²) in [5.41, 5.74) is 0.185. The highest BCUT2D eigenvalue weighted by Gasteiger charge is 2.22. The first-order valence-corrected chi connectivity index (χ1v) is 6.56. The smallest absolute Gasteiger partial charge is 0.123 e. The zero-order valence-corrected chi connectivity index (χ0v) is 11.8. The van der Waals surface area contributed by atoms with E-state index in [0.29, 0.717) is 18.8 Å². The quantitative estimate of drug-likeness (QED) is 0.822. The van der Waals surface area contributed by atoms with Crippen LogP contribution < -0.4 is 10.1 Å². The second-order valence-corrected chi connectivity index (χ2v) is 4.88. The molecule has 1 atom stereocenters. The molecule has 1 aromatic rings. The van der Waals surface area contributed by atoms with Crippen LogP contribution in [0.25, 0.3) is 0 Å². The number of nitrogens with zero attached hydrogens (tertiary/aromatic N) is 1. The van der Waals surface area contributed by atoms with Crippen LogP contribution in [0.1, 0.15) is 32.3 Å². The van der Waals surface area contributed by atoms with E-state index in [1.54, 1.807) is 13.0 Å². The minimum absolute atomic E-state index is 0.267. The maximum atomic E-state index is 12.9. The van der Waals surface area contributed by atoms with Crippen LogP contribution >= 0.6 is 0 Å². The summed E-state index contributed by atoms with van der Waals surface area (Å²) < 4.78 is 18.6. The standard InChI is InChI=1S/C15H21FN2O/c1-4-8-18-15(3,11-17)7-9-19-14-6-5-13(16)10-12(14)2/h5-6,10,18H,4,7-9H2,1-3H3. The molecule has 3 nitrogen and oxygen atoms in total. The van der Waals surface area contributed by atoms with E-state index in [0.717, 1.165) is 18.5 Å². The van der Waals surface area contributed by atoms with E-state index in [1.807, 2.05) is 6.92 Å². The number of halogens is 1. The van der Waals surface area contributed by atoms with E-state index >= 15 is 0 Å². The van der Waals surface area contributed by atoms with Gasteiger partial charge in [-0.15, -0.1) is 0 Å². The van der Waals surface area contributed by atoms with Crippen LogP contribution in [0.3, 0.4) is 0 Å². The summed E-state index contributed by atoms with van der Waals surface area (Å²) in [5.74, 6) is 0.397. The number of nitrogens with one attached hydrogen (secondary N) is 1. The molecule has 1 unspecified atom stereocenters. The van der Waals surface area contributed by atoms with Crippen LogP contribution in [-0.2, 0) is 0 Å². The zero-order chi connectivity index (χ0) is 14.3. The van der Waals surface area contributed by atoms with Gasteiger partial charge in [0.2, 0.25) is 0 Å². The van der Waals surface area contributed by atoms with Gasteiger partial charge in [0.05, 0.1) is 12.7 Å². The highest BCUT2D eigenvalue weighted by atomic mass is 19.1. The molecule has 0 saturated heterocycles. The van der Waals surface area contributed by atoms with Gasteiger partial charge in [-0.3, -0.25) is 5.32 Å². The lowest BCUT2D eigenvalue weighted by Gasteiger charge is -2.23. The Morgan fingerprint density at radius 2 is 2.21 bits per heavy atom. The fourth-order valence-electron chi connectivity index (χ4n) is 1.72. The SMILES string of the molecule is CCCNC(C)(C#N)CCOc1ccc(F)cc1C. The van der Waals surface area contributed by atoms with Crippen molar-refractivity contribution in [2.24, 2.45) is 0 Å². The first kappa shape index (κ1) is 15.5. The molecule has 1 N–H and O–H groups in total. The maximum absolute atomic E-state index is 12.9. The third-order valence-corrected chi connectivity index (χ3v) is 3.01. The lowest BCUT2D eigenvalue weighted by molar-refractivity contribution is 0.265. The average molecular weight is 264 g/mol. The van der Waals surface area contributed by atoms with Gasteiger partial charge in [-0.1, -0.05) is 6.92 Å². The van der Waals surface area contributed by atoms with Crippen molar-refractivity contribution in [3.63, 3.8) is 0 Å². The Labute approximate surface area is 114 Å². The summed E-state index contributed by atoms with van der Waals surface area (Å²) >= 11 is 0. The lowest BCUT2D eigenvalue weighted by Crippen LogP contribution is -2.42. The highest BCUT2D eigenvalue weighted by molar-refractivity contribution is 5.32. The molecule has 0 saturated carbocycles. The molecule has 0 amide bonds. The molecule has 0 aromatic heterocycles. The van der Waals surface area contributed by atoms with Gasteiger partial charge in [-0.05, 0) is 50.6 Å². The van der Waals surface area contributed by atoms with Gasteiger partial charge >= 0.3 is 0 Å². The number of hydrogen-bond acceptors (Lipinski definition) is 3. The Kier molecular flexibility index (Phi) is 5.78. The summed E-state index contributed by atoms with van der Waals surface area (Å²) in [7, 11) is 0. The second kappa shape index (κ2) is 7.10. The minimum Gasteiger partial charge on any atom is -0.493 e. The molecule has 0 bridgehead atoms. The molecule has 0 spiro atoms. The van der Waals surface area contributed by atoms with Crippen LogP contribution in [0.4, 0.5) is 4.39 Å². The van der Waals surface area contributed by atoms with Crippen LogP contribution in [0.5, 0.6) is 5.75 Å². The summed E-state index contributed by atoms with van der Waals surface area (Å²) in [4.78, 5) is 0. The van der Waals surface area contributed by atoms with E-state index in [1.165, 1.54) is 12.1 Å². The molecule has 19 heavy (non-hydrogen) atoms. The Balaban J connectivity index is 2.50. The number of nitriles is 1. The van der Waals surface area contributed by atoms with E-state index in [2.05, 4.69) is 18.3 Å². The van der Waals surface area contributed by atoms with Crippen LogP contribution in [0, 0.1) is 24.1 Å². The zero-order valence-electron chi connectivity index (χ0n) is 11.8. The molecule has 0 heterocycles. The van der Waals surface area contributed by atoms with Gasteiger partial charge in [0, 0.05) is 6.42 Å².